The monoisotopic (exact) mass is 300 g/mol. The summed E-state index contributed by atoms with van der Waals surface area (Å²) in [5.74, 6) is -0.571. The van der Waals surface area contributed by atoms with Gasteiger partial charge < -0.3 is 14.6 Å². The summed E-state index contributed by atoms with van der Waals surface area (Å²) in [5, 5.41) is 9.14. The van der Waals surface area contributed by atoms with Gasteiger partial charge in [-0.2, -0.15) is 0 Å². The van der Waals surface area contributed by atoms with Crippen molar-refractivity contribution in [1.29, 1.82) is 0 Å². The molecular formula is C12H13BrO4. The number of carboxylic acid groups (broad SMARTS) is 1. The Morgan fingerprint density at radius 3 is 2.76 bits per heavy atom. The fourth-order valence-electron chi connectivity index (χ4n) is 1.78. The molecule has 0 radical (unpaired) electrons. The minimum Gasteiger partial charge on any atom is -0.489 e. The Bertz CT molecular complexity index is 413. The second-order valence-corrected chi connectivity index (χ2v) is 4.70. The van der Waals surface area contributed by atoms with Crippen LogP contribution < -0.4 is 4.74 Å². The minimum atomic E-state index is -0.987. The molecule has 0 saturated carbocycles. The molecule has 1 aromatic rings. The quantitative estimate of drug-likeness (QED) is 0.932. The largest absolute Gasteiger partial charge is 0.489 e. The van der Waals surface area contributed by atoms with Crippen LogP contribution >= 0.6 is 15.9 Å². The predicted molar refractivity (Wildman–Crippen MR) is 65.6 cm³/mol. The Hall–Kier alpha value is -1.07. The predicted octanol–water partition coefficient (Wildman–Crippen LogP) is 2.71. The highest BCUT2D eigenvalue weighted by Gasteiger charge is 2.20. The van der Waals surface area contributed by atoms with E-state index in [1.807, 2.05) is 0 Å². The van der Waals surface area contributed by atoms with Crippen molar-refractivity contribution in [3.8, 4) is 5.75 Å². The van der Waals surface area contributed by atoms with Gasteiger partial charge in [-0.25, -0.2) is 4.79 Å². The van der Waals surface area contributed by atoms with Crippen LogP contribution in [0.15, 0.2) is 22.7 Å². The summed E-state index contributed by atoms with van der Waals surface area (Å²) in [7, 11) is 0. The molecule has 0 unspecified atom stereocenters. The van der Waals surface area contributed by atoms with Gasteiger partial charge >= 0.3 is 5.97 Å². The molecule has 1 N–H and O–H groups in total. The Morgan fingerprint density at radius 1 is 1.41 bits per heavy atom. The lowest BCUT2D eigenvalue weighted by molar-refractivity contribution is 0.0248. The molecule has 1 fully saturated rings. The van der Waals surface area contributed by atoms with E-state index in [9.17, 15) is 4.79 Å². The second kappa shape index (κ2) is 5.51. The number of carbonyl (C=O) groups is 1. The zero-order chi connectivity index (χ0) is 12.3. The van der Waals surface area contributed by atoms with Crippen molar-refractivity contribution in [1.82, 2.24) is 0 Å². The van der Waals surface area contributed by atoms with E-state index in [-0.39, 0.29) is 11.7 Å². The van der Waals surface area contributed by atoms with Crippen LogP contribution in [-0.2, 0) is 4.74 Å². The number of ether oxygens (including phenoxy) is 2. The van der Waals surface area contributed by atoms with E-state index in [1.54, 1.807) is 18.2 Å². The van der Waals surface area contributed by atoms with Gasteiger partial charge in [-0.1, -0.05) is 6.07 Å². The lowest BCUT2D eigenvalue weighted by Gasteiger charge is -2.24. The lowest BCUT2D eigenvalue weighted by atomic mass is 10.1. The van der Waals surface area contributed by atoms with Gasteiger partial charge in [0, 0.05) is 17.3 Å². The summed E-state index contributed by atoms with van der Waals surface area (Å²) in [5.41, 5.74) is 0.180. The Kier molecular flexibility index (Phi) is 4.02. The van der Waals surface area contributed by atoms with Crippen LogP contribution in [0.25, 0.3) is 0 Å². The maximum atomic E-state index is 11.1. The molecule has 1 aliphatic rings. The highest BCUT2D eigenvalue weighted by Crippen LogP contribution is 2.28. The number of hydrogen-bond acceptors (Lipinski definition) is 3. The van der Waals surface area contributed by atoms with E-state index in [0.29, 0.717) is 23.4 Å². The molecule has 1 heterocycles. The smallest absolute Gasteiger partial charge is 0.340 e. The molecule has 17 heavy (non-hydrogen) atoms. The van der Waals surface area contributed by atoms with Crippen molar-refractivity contribution in [2.75, 3.05) is 13.2 Å². The van der Waals surface area contributed by atoms with Crippen molar-refractivity contribution in [2.45, 2.75) is 18.9 Å². The van der Waals surface area contributed by atoms with Crippen molar-refractivity contribution >= 4 is 21.9 Å². The van der Waals surface area contributed by atoms with Crippen molar-refractivity contribution in [3.05, 3.63) is 28.2 Å². The fourth-order valence-corrected chi connectivity index (χ4v) is 2.30. The number of hydrogen-bond donors (Lipinski definition) is 1. The maximum Gasteiger partial charge on any atom is 0.340 e. The standard InChI is InChI=1S/C12H13BrO4/c13-9-2-1-3-10(11(9)12(14)15)17-8-4-6-16-7-5-8/h1-3,8H,4-7H2,(H,14,15). The van der Waals surface area contributed by atoms with E-state index in [2.05, 4.69) is 15.9 Å². The average molecular weight is 301 g/mol. The van der Waals surface area contributed by atoms with E-state index in [0.717, 1.165) is 12.8 Å². The van der Waals surface area contributed by atoms with Crippen molar-refractivity contribution < 1.29 is 19.4 Å². The van der Waals surface area contributed by atoms with Gasteiger partial charge in [-0.05, 0) is 28.1 Å². The number of carboxylic acids is 1. The topological polar surface area (TPSA) is 55.8 Å². The second-order valence-electron chi connectivity index (χ2n) is 3.85. The van der Waals surface area contributed by atoms with Crippen LogP contribution in [0.2, 0.25) is 0 Å². The summed E-state index contributed by atoms with van der Waals surface area (Å²) >= 11 is 3.23. The first-order chi connectivity index (χ1) is 8.18. The van der Waals surface area contributed by atoms with Gasteiger partial charge in [0.05, 0.1) is 13.2 Å². The molecule has 92 valence electrons. The molecule has 0 amide bonds. The summed E-state index contributed by atoms with van der Waals surface area (Å²) < 4.78 is 11.5. The maximum absolute atomic E-state index is 11.1. The first kappa shape index (κ1) is 12.4. The Labute approximate surface area is 108 Å². The highest BCUT2D eigenvalue weighted by molar-refractivity contribution is 9.10. The Balaban J connectivity index is 2.19. The van der Waals surface area contributed by atoms with Gasteiger partial charge in [0.2, 0.25) is 0 Å². The van der Waals surface area contributed by atoms with Gasteiger partial charge in [0.1, 0.15) is 17.4 Å². The zero-order valence-electron chi connectivity index (χ0n) is 9.19. The molecule has 5 heteroatoms. The summed E-state index contributed by atoms with van der Waals surface area (Å²) in [6.07, 6.45) is 1.63. The molecular weight excluding hydrogens is 288 g/mol. The molecule has 4 nitrogen and oxygen atoms in total. The number of halogens is 1. The van der Waals surface area contributed by atoms with Crippen LogP contribution in [0, 0.1) is 0 Å². The highest BCUT2D eigenvalue weighted by atomic mass is 79.9. The van der Waals surface area contributed by atoms with Crippen molar-refractivity contribution in [3.63, 3.8) is 0 Å². The van der Waals surface area contributed by atoms with Gasteiger partial charge in [0.15, 0.2) is 0 Å². The van der Waals surface area contributed by atoms with Crippen LogP contribution in [0.1, 0.15) is 23.2 Å². The summed E-state index contributed by atoms with van der Waals surface area (Å²) in [6.45, 7) is 1.34. The molecule has 0 bridgehead atoms. The van der Waals surface area contributed by atoms with Gasteiger partial charge in [-0.3, -0.25) is 0 Å². The SMILES string of the molecule is O=C(O)c1c(Br)cccc1OC1CCOCC1. The molecule has 0 atom stereocenters. The normalized spacial score (nSPS) is 16.8. The fraction of sp³-hybridized carbons (Fsp3) is 0.417. The summed E-state index contributed by atoms with van der Waals surface area (Å²) in [4.78, 5) is 11.1. The van der Waals surface area contributed by atoms with E-state index < -0.39 is 5.97 Å². The molecule has 0 aromatic heterocycles. The first-order valence-electron chi connectivity index (χ1n) is 5.44. The Morgan fingerprint density at radius 2 is 2.12 bits per heavy atom. The third-order valence-electron chi connectivity index (χ3n) is 2.65. The average Bonchev–Trinajstić information content (AvgIpc) is 2.30. The van der Waals surface area contributed by atoms with E-state index >= 15 is 0 Å². The van der Waals surface area contributed by atoms with Crippen LogP contribution in [0.5, 0.6) is 5.75 Å². The number of rotatable bonds is 3. The minimum absolute atomic E-state index is 0.0381. The zero-order valence-corrected chi connectivity index (χ0v) is 10.8. The van der Waals surface area contributed by atoms with E-state index in [1.165, 1.54) is 0 Å². The van der Waals surface area contributed by atoms with Gasteiger partial charge in [-0.15, -0.1) is 0 Å². The van der Waals surface area contributed by atoms with Crippen molar-refractivity contribution in [2.24, 2.45) is 0 Å². The molecule has 0 aliphatic carbocycles. The molecule has 1 saturated heterocycles. The van der Waals surface area contributed by atoms with Crippen LogP contribution in [0.4, 0.5) is 0 Å². The third kappa shape index (κ3) is 2.98. The summed E-state index contributed by atoms with van der Waals surface area (Å²) in [6, 6.07) is 5.15. The van der Waals surface area contributed by atoms with Gasteiger partial charge in [0.25, 0.3) is 0 Å². The van der Waals surface area contributed by atoms with E-state index in [4.69, 9.17) is 14.6 Å². The van der Waals surface area contributed by atoms with Crippen LogP contribution in [0.3, 0.4) is 0 Å². The number of benzene rings is 1. The molecule has 2 rings (SSSR count). The first-order valence-corrected chi connectivity index (χ1v) is 6.24. The lowest BCUT2D eigenvalue weighted by Crippen LogP contribution is -2.26. The molecule has 1 aliphatic heterocycles. The molecule has 0 spiro atoms. The molecule has 1 aromatic carbocycles. The number of aromatic carboxylic acids is 1. The third-order valence-corrected chi connectivity index (χ3v) is 3.31. The van der Waals surface area contributed by atoms with Crippen LogP contribution in [-0.4, -0.2) is 30.4 Å².